The first kappa shape index (κ1) is 13.5. The number of hydrogen-bond donors (Lipinski definition) is 1. The van der Waals surface area contributed by atoms with Gasteiger partial charge in [0.25, 0.3) is 0 Å². The summed E-state index contributed by atoms with van der Waals surface area (Å²) < 4.78 is 0. The van der Waals surface area contributed by atoms with Gasteiger partial charge in [-0.05, 0) is 24.8 Å². The van der Waals surface area contributed by atoms with E-state index in [0.717, 1.165) is 25.3 Å². The Morgan fingerprint density at radius 1 is 1.44 bits per heavy atom. The zero-order valence-electron chi connectivity index (χ0n) is 10.7. The molecule has 3 nitrogen and oxygen atoms in total. The third-order valence-electron chi connectivity index (χ3n) is 3.65. The number of nitrogens with zero attached hydrogens (tertiary/aromatic N) is 1. The summed E-state index contributed by atoms with van der Waals surface area (Å²) in [5.74, 6) is 1.50. The standard InChI is InChI=1S/C13H26N2O/c1-11(9-14)10-15(2)13(16)8-7-12-5-3-4-6-12/h11-12H,3-10,14H2,1-2H3. The number of carbonyl (C=O) groups is 1. The first-order valence-corrected chi connectivity index (χ1v) is 6.57. The van der Waals surface area contributed by atoms with E-state index < -0.39 is 0 Å². The van der Waals surface area contributed by atoms with E-state index >= 15 is 0 Å². The molecule has 1 unspecified atom stereocenters. The van der Waals surface area contributed by atoms with Crippen LogP contribution >= 0.6 is 0 Å². The van der Waals surface area contributed by atoms with Gasteiger partial charge < -0.3 is 10.6 Å². The fourth-order valence-corrected chi connectivity index (χ4v) is 2.46. The summed E-state index contributed by atoms with van der Waals surface area (Å²) in [4.78, 5) is 13.7. The third-order valence-corrected chi connectivity index (χ3v) is 3.65. The van der Waals surface area contributed by atoms with Gasteiger partial charge >= 0.3 is 0 Å². The summed E-state index contributed by atoms with van der Waals surface area (Å²) in [5.41, 5.74) is 5.56. The van der Waals surface area contributed by atoms with Crippen LogP contribution in [0.2, 0.25) is 0 Å². The fourth-order valence-electron chi connectivity index (χ4n) is 2.46. The van der Waals surface area contributed by atoms with E-state index in [1.807, 2.05) is 11.9 Å². The Bertz CT molecular complexity index is 212. The predicted octanol–water partition coefficient (Wildman–Crippen LogP) is 2.01. The van der Waals surface area contributed by atoms with Gasteiger partial charge in [-0.25, -0.2) is 0 Å². The molecule has 2 N–H and O–H groups in total. The quantitative estimate of drug-likeness (QED) is 0.753. The van der Waals surface area contributed by atoms with Crippen LogP contribution in [0, 0.1) is 11.8 Å². The second kappa shape index (κ2) is 6.89. The summed E-state index contributed by atoms with van der Waals surface area (Å²) in [7, 11) is 1.89. The van der Waals surface area contributed by atoms with Crippen molar-refractivity contribution in [3.63, 3.8) is 0 Å². The van der Waals surface area contributed by atoms with E-state index in [9.17, 15) is 4.79 Å². The first-order chi connectivity index (χ1) is 7.63. The van der Waals surface area contributed by atoms with Gasteiger partial charge in [-0.3, -0.25) is 4.79 Å². The van der Waals surface area contributed by atoms with Crippen molar-refractivity contribution >= 4 is 5.91 Å². The van der Waals surface area contributed by atoms with Crippen LogP contribution in [0.25, 0.3) is 0 Å². The van der Waals surface area contributed by atoms with E-state index in [2.05, 4.69) is 6.92 Å². The molecule has 94 valence electrons. The van der Waals surface area contributed by atoms with E-state index in [4.69, 9.17) is 5.73 Å². The van der Waals surface area contributed by atoms with Crippen LogP contribution in [-0.2, 0) is 4.79 Å². The van der Waals surface area contributed by atoms with E-state index in [1.165, 1.54) is 25.7 Å². The Balaban J connectivity index is 2.17. The molecule has 1 amide bonds. The monoisotopic (exact) mass is 226 g/mol. The van der Waals surface area contributed by atoms with E-state index in [-0.39, 0.29) is 5.91 Å². The molecule has 0 aromatic carbocycles. The minimum absolute atomic E-state index is 0.284. The molecule has 3 heteroatoms. The molecule has 0 heterocycles. The zero-order valence-corrected chi connectivity index (χ0v) is 10.7. The Morgan fingerprint density at radius 3 is 2.62 bits per heavy atom. The van der Waals surface area contributed by atoms with Crippen LogP contribution in [-0.4, -0.2) is 30.9 Å². The molecule has 1 fully saturated rings. The Hall–Kier alpha value is -0.570. The zero-order chi connectivity index (χ0) is 12.0. The smallest absolute Gasteiger partial charge is 0.222 e. The summed E-state index contributed by atoms with van der Waals surface area (Å²) in [6, 6.07) is 0. The Kier molecular flexibility index (Phi) is 5.81. The van der Waals surface area contributed by atoms with Crippen molar-refractivity contribution in [1.82, 2.24) is 4.90 Å². The van der Waals surface area contributed by atoms with Crippen molar-refractivity contribution in [3.05, 3.63) is 0 Å². The van der Waals surface area contributed by atoms with Crippen LogP contribution in [0.3, 0.4) is 0 Å². The molecule has 0 bridgehead atoms. The lowest BCUT2D eigenvalue weighted by Crippen LogP contribution is -2.33. The maximum atomic E-state index is 11.8. The minimum Gasteiger partial charge on any atom is -0.345 e. The first-order valence-electron chi connectivity index (χ1n) is 6.57. The molecule has 1 aliphatic rings. The lowest BCUT2D eigenvalue weighted by Gasteiger charge is -2.21. The SMILES string of the molecule is CC(CN)CN(C)C(=O)CCC1CCCC1. The highest BCUT2D eigenvalue weighted by atomic mass is 16.2. The molecule has 0 saturated heterocycles. The lowest BCUT2D eigenvalue weighted by molar-refractivity contribution is -0.130. The molecule has 0 aromatic rings. The number of amides is 1. The molecule has 0 radical (unpaired) electrons. The van der Waals surface area contributed by atoms with E-state index in [0.29, 0.717) is 12.5 Å². The molecule has 1 aliphatic carbocycles. The predicted molar refractivity (Wildman–Crippen MR) is 67.0 cm³/mol. The average Bonchev–Trinajstić information content (AvgIpc) is 2.78. The number of nitrogens with two attached hydrogens (primary N) is 1. The van der Waals surface area contributed by atoms with Crippen molar-refractivity contribution in [2.75, 3.05) is 20.1 Å². The van der Waals surface area contributed by atoms with Crippen LogP contribution in [0.5, 0.6) is 0 Å². The van der Waals surface area contributed by atoms with Gasteiger partial charge in [0, 0.05) is 20.0 Å². The molecular formula is C13H26N2O. The van der Waals surface area contributed by atoms with Crippen LogP contribution in [0.1, 0.15) is 45.4 Å². The minimum atomic E-state index is 0.284. The molecule has 0 spiro atoms. The fraction of sp³-hybridized carbons (Fsp3) is 0.923. The normalized spacial score (nSPS) is 18.7. The number of rotatable bonds is 6. The maximum Gasteiger partial charge on any atom is 0.222 e. The van der Waals surface area contributed by atoms with Gasteiger partial charge in [-0.15, -0.1) is 0 Å². The molecule has 0 aliphatic heterocycles. The number of carbonyl (C=O) groups excluding carboxylic acids is 1. The second-order valence-electron chi connectivity index (χ2n) is 5.30. The van der Waals surface area contributed by atoms with Crippen LogP contribution in [0.15, 0.2) is 0 Å². The van der Waals surface area contributed by atoms with Gasteiger partial charge in [0.2, 0.25) is 5.91 Å². The largest absolute Gasteiger partial charge is 0.345 e. The summed E-state index contributed by atoms with van der Waals surface area (Å²) in [5, 5.41) is 0. The van der Waals surface area contributed by atoms with Crippen molar-refractivity contribution in [2.45, 2.75) is 45.4 Å². The summed E-state index contributed by atoms with van der Waals surface area (Å²) in [6.07, 6.45) is 7.18. The van der Waals surface area contributed by atoms with Crippen molar-refractivity contribution < 1.29 is 4.79 Å². The highest BCUT2D eigenvalue weighted by Crippen LogP contribution is 2.28. The van der Waals surface area contributed by atoms with Crippen molar-refractivity contribution in [3.8, 4) is 0 Å². The third kappa shape index (κ3) is 4.52. The maximum absolute atomic E-state index is 11.8. The van der Waals surface area contributed by atoms with Gasteiger partial charge in [-0.2, -0.15) is 0 Å². The lowest BCUT2D eigenvalue weighted by atomic mass is 10.0. The highest BCUT2D eigenvalue weighted by molar-refractivity contribution is 5.75. The van der Waals surface area contributed by atoms with Crippen molar-refractivity contribution in [2.24, 2.45) is 17.6 Å². The van der Waals surface area contributed by atoms with Crippen LogP contribution < -0.4 is 5.73 Å². The van der Waals surface area contributed by atoms with Gasteiger partial charge in [0.05, 0.1) is 0 Å². The second-order valence-corrected chi connectivity index (χ2v) is 5.30. The Morgan fingerprint density at radius 2 is 2.06 bits per heavy atom. The average molecular weight is 226 g/mol. The molecule has 1 saturated carbocycles. The topological polar surface area (TPSA) is 46.3 Å². The molecule has 16 heavy (non-hydrogen) atoms. The van der Waals surface area contributed by atoms with Crippen molar-refractivity contribution in [1.29, 1.82) is 0 Å². The van der Waals surface area contributed by atoms with E-state index in [1.54, 1.807) is 0 Å². The summed E-state index contributed by atoms with van der Waals surface area (Å²) in [6.45, 7) is 3.53. The molecule has 1 rings (SSSR count). The van der Waals surface area contributed by atoms with Gasteiger partial charge in [0.15, 0.2) is 0 Å². The van der Waals surface area contributed by atoms with Crippen LogP contribution in [0.4, 0.5) is 0 Å². The highest BCUT2D eigenvalue weighted by Gasteiger charge is 2.18. The molecular weight excluding hydrogens is 200 g/mol. The molecule has 1 atom stereocenters. The Labute approximate surface area is 99.4 Å². The summed E-state index contributed by atoms with van der Waals surface area (Å²) >= 11 is 0. The number of hydrogen-bond acceptors (Lipinski definition) is 2. The molecule has 0 aromatic heterocycles. The van der Waals surface area contributed by atoms with Gasteiger partial charge in [-0.1, -0.05) is 32.6 Å². The van der Waals surface area contributed by atoms with Gasteiger partial charge in [0.1, 0.15) is 0 Å².